The minimum atomic E-state index is -4.47. The molecule has 0 unspecified atom stereocenters. The van der Waals surface area contributed by atoms with Crippen LogP contribution in [0.2, 0.25) is 0 Å². The van der Waals surface area contributed by atoms with Crippen molar-refractivity contribution in [2.24, 2.45) is 0 Å². The first-order valence-corrected chi connectivity index (χ1v) is 11.1. The third-order valence-electron chi connectivity index (χ3n) is 4.50. The summed E-state index contributed by atoms with van der Waals surface area (Å²) in [7, 11) is -3.15. The number of carbonyl (C=O) groups is 1. The molecule has 1 heterocycles. The van der Waals surface area contributed by atoms with E-state index in [1.54, 1.807) is 51.1 Å². The Labute approximate surface area is 185 Å². The first kappa shape index (κ1) is 23.0. The molecular formula is C22H22N2O7S. The topological polar surface area (TPSA) is 114 Å². The fraction of sp³-hybridized carbons (Fsp3) is 0.227. The molecule has 0 bridgehead atoms. The van der Waals surface area contributed by atoms with E-state index < -0.39 is 33.1 Å². The number of aromatic nitrogens is 2. The molecule has 0 saturated heterocycles. The average Bonchev–Trinajstić information content (AvgIpc) is 2.74. The number of carbonyl (C=O) groups excluding carboxylic acids is 1. The highest BCUT2D eigenvalue weighted by Gasteiger charge is 2.28. The number of nitrogens with zero attached hydrogens (tertiary/aromatic N) is 2. The summed E-state index contributed by atoms with van der Waals surface area (Å²) in [5.41, 5.74) is 0.658. The normalized spacial score (nSPS) is 11.1. The van der Waals surface area contributed by atoms with Gasteiger partial charge in [0.25, 0.3) is 5.56 Å². The summed E-state index contributed by atoms with van der Waals surface area (Å²) >= 11 is 0. The van der Waals surface area contributed by atoms with Crippen LogP contribution in [0.5, 0.6) is 11.5 Å². The van der Waals surface area contributed by atoms with Crippen LogP contribution in [0.15, 0.2) is 58.2 Å². The summed E-state index contributed by atoms with van der Waals surface area (Å²) in [5.74, 6) is -1.42. The first-order valence-electron chi connectivity index (χ1n) is 9.64. The highest BCUT2D eigenvalue weighted by atomic mass is 32.2. The Balaban J connectivity index is 2.17. The summed E-state index contributed by atoms with van der Waals surface area (Å²) in [5, 5.41) is 4.07. The van der Waals surface area contributed by atoms with Crippen molar-refractivity contribution < 1.29 is 26.9 Å². The number of hydrogen-bond acceptors (Lipinski definition) is 8. The van der Waals surface area contributed by atoms with Crippen LogP contribution in [0, 0.1) is 13.8 Å². The van der Waals surface area contributed by atoms with Gasteiger partial charge in [-0.3, -0.25) is 4.79 Å². The number of aryl methyl sites for hydroxylation is 2. The van der Waals surface area contributed by atoms with Crippen molar-refractivity contribution in [3.8, 4) is 17.2 Å². The largest absolute Gasteiger partial charge is 0.495 e. The lowest BCUT2D eigenvalue weighted by atomic mass is 10.2. The van der Waals surface area contributed by atoms with E-state index in [0.29, 0.717) is 11.3 Å². The molecule has 9 nitrogen and oxygen atoms in total. The third kappa shape index (κ3) is 4.65. The van der Waals surface area contributed by atoms with Crippen LogP contribution in [0.3, 0.4) is 0 Å². The van der Waals surface area contributed by atoms with Crippen LogP contribution in [0.1, 0.15) is 28.5 Å². The summed E-state index contributed by atoms with van der Waals surface area (Å²) in [6, 6.07) is 12.3. The highest BCUT2D eigenvalue weighted by Crippen LogP contribution is 2.29. The lowest BCUT2D eigenvalue weighted by molar-refractivity contribution is 0.0515. The van der Waals surface area contributed by atoms with E-state index in [4.69, 9.17) is 13.7 Å². The first-order chi connectivity index (χ1) is 15.2. The predicted octanol–water partition coefficient (Wildman–Crippen LogP) is 2.80. The van der Waals surface area contributed by atoms with Gasteiger partial charge in [0.15, 0.2) is 5.75 Å². The maximum atomic E-state index is 13.0. The Morgan fingerprint density at radius 1 is 1.06 bits per heavy atom. The zero-order chi connectivity index (χ0) is 23.5. The molecule has 0 atom stereocenters. The fourth-order valence-electron chi connectivity index (χ4n) is 2.96. The zero-order valence-electron chi connectivity index (χ0n) is 18.0. The van der Waals surface area contributed by atoms with E-state index in [-0.39, 0.29) is 17.3 Å². The minimum Gasteiger partial charge on any atom is -0.495 e. The van der Waals surface area contributed by atoms with Gasteiger partial charge >= 0.3 is 16.1 Å². The molecule has 0 N–H and O–H groups in total. The second kappa shape index (κ2) is 9.23. The monoisotopic (exact) mass is 458 g/mol. The van der Waals surface area contributed by atoms with Gasteiger partial charge in [0.2, 0.25) is 5.69 Å². The Morgan fingerprint density at radius 2 is 1.78 bits per heavy atom. The van der Waals surface area contributed by atoms with Crippen LogP contribution in [-0.4, -0.2) is 37.9 Å². The lowest BCUT2D eigenvalue weighted by Crippen LogP contribution is -2.26. The van der Waals surface area contributed by atoms with Crippen molar-refractivity contribution in [2.75, 3.05) is 13.7 Å². The molecule has 3 rings (SSSR count). The molecule has 0 aliphatic carbocycles. The fourth-order valence-corrected chi connectivity index (χ4v) is 4.14. The highest BCUT2D eigenvalue weighted by molar-refractivity contribution is 7.87. The van der Waals surface area contributed by atoms with Crippen LogP contribution < -0.4 is 14.5 Å². The molecule has 0 aliphatic heterocycles. The van der Waals surface area contributed by atoms with Gasteiger partial charge in [-0.15, -0.1) is 0 Å². The molecule has 0 spiro atoms. The van der Waals surface area contributed by atoms with Gasteiger partial charge in [-0.25, -0.2) is 4.79 Å². The van der Waals surface area contributed by atoms with Gasteiger partial charge < -0.3 is 13.7 Å². The minimum absolute atomic E-state index is 0.0158. The van der Waals surface area contributed by atoms with E-state index in [1.807, 2.05) is 0 Å². The third-order valence-corrected chi connectivity index (χ3v) is 5.75. The van der Waals surface area contributed by atoms with Gasteiger partial charge in [-0.05, 0) is 50.1 Å². The Morgan fingerprint density at radius 3 is 2.44 bits per heavy atom. The molecule has 3 aromatic rings. The van der Waals surface area contributed by atoms with Crippen LogP contribution >= 0.6 is 0 Å². The summed E-state index contributed by atoms with van der Waals surface area (Å²) in [6.45, 7) is 5.08. The number of esters is 1. The van der Waals surface area contributed by atoms with E-state index in [0.717, 1.165) is 16.3 Å². The SMILES string of the molecule is CCOC(=O)c1nn(-c2ccccc2C)c(=O)cc1OS(=O)(=O)c1cc(C)ccc1OC. The molecule has 0 radical (unpaired) electrons. The van der Waals surface area contributed by atoms with Crippen LogP contribution in [-0.2, 0) is 14.9 Å². The Bertz CT molecular complexity index is 1330. The molecule has 0 aliphatic rings. The summed E-state index contributed by atoms with van der Waals surface area (Å²) in [4.78, 5) is 25.1. The molecule has 168 valence electrons. The van der Waals surface area contributed by atoms with Crippen molar-refractivity contribution in [1.29, 1.82) is 0 Å². The maximum absolute atomic E-state index is 13.0. The van der Waals surface area contributed by atoms with Crippen LogP contribution in [0.25, 0.3) is 5.69 Å². The Kier molecular flexibility index (Phi) is 6.64. The zero-order valence-corrected chi connectivity index (χ0v) is 18.8. The number of methoxy groups -OCH3 is 1. The van der Waals surface area contributed by atoms with Gasteiger partial charge in [0.1, 0.15) is 10.6 Å². The molecule has 0 saturated carbocycles. The van der Waals surface area contributed by atoms with E-state index in [2.05, 4.69) is 5.10 Å². The second-order valence-electron chi connectivity index (χ2n) is 6.81. The second-order valence-corrected chi connectivity index (χ2v) is 8.32. The molecule has 10 heteroatoms. The van der Waals surface area contributed by atoms with Crippen molar-refractivity contribution >= 4 is 16.1 Å². The number of hydrogen-bond donors (Lipinski definition) is 0. The number of ether oxygens (including phenoxy) is 2. The maximum Gasteiger partial charge on any atom is 0.362 e. The quantitative estimate of drug-likeness (QED) is 0.392. The van der Waals surface area contributed by atoms with E-state index in [9.17, 15) is 18.0 Å². The summed E-state index contributed by atoms with van der Waals surface area (Å²) < 4.78 is 42.3. The van der Waals surface area contributed by atoms with Gasteiger partial charge in [0, 0.05) is 0 Å². The van der Waals surface area contributed by atoms with Crippen molar-refractivity contribution in [2.45, 2.75) is 25.7 Å². The number of para-hydroxylation sites is 1. The van der Waals surface area contributed by atoms with Gasteiger partial charge in [-0.1, -0.05) is 24.3 Å². The predicted molar refractivity (Wildman–Crippen MR) is 116 cm³/mol. The molecule has 32 heavy (non-hydrogen) atoms. The lowest BCUT2D eigenvalue weighted by Gasteiger charge is -2.14. The number of benzene rings is 2. The van der Waals surface area contributed by atoms with Gasteiger partial charge in [0.05, 0.1) is 25.5 Å². The smallest absolute Gasteiger partial charge is 0.362 e. The van der Waals surface area contributed by atoms with E-state index in [1.165, 1.54) is 19.2 Å². The molecule has 2 aromatic carbocycles. The molecule has 1 aromatic heterocycles. The van der Waals surface area contributed by atoms with Gasteiger partial charge in [-0.2, -0.15) is 18.2 Å². The van der Waals surface area contributed by atoms with Crippen molar-refractivity contribution in [1.82, 2.24) is 9.78 Å². The van der Waals surface area contributed by atoms with E-state index >= 15 is 0 Å². The molecule has 0 fully saturated rings. The standard InChI is InChI=1S/C22H22N2O7S/c1-5-30-22(26)21-18(13-20(25)24(23-21)16-9-7-6-8-15(16)3)31-32(27,28)19-12-14(2)10-11-17(19)29-4/h6-13H,5H2,1-4H3. The van der Waals surface area contributed by atoms with Crippen molar-refractivity contribution in [3.63, 3.8) is 0 Å². The Hall–Kier alpha value is -3.66. The van der Waals surface area contributed by atoms with Crippen molar-refractivity contribution in [3.05, 3.63) is 75.7 Å². The number of rotatable bonds is 7. The molecule has 0 amide bonds. The summed E-state index contributed by atoms with van der Waals surface area (Å²) in [6.07, 6.45) is 0. The molecular weight excluding hydrogens is 436 g/mol. The average molecular weight is 458 g/mol. The van der Waals surface area contributed by atoms with Crippen LogP contribution in [0.4, 0.5) is 0 Å².